The third-order valence-corrected chi connectivity index (χ3v) is 2.59. The number of carbonyl (C=O) groups excluding carboxylic acids is 1. The number of nitrogens with one attached hydrogen (secondary N) is 1. The Bertz CT molecular complexity index is 270. The number of carboxylic acids is 1. The van der Waals surface area contributed by atoms with Gasteiger partial charge in [-0.2, -0.15) is 0 Å². The number of rotatable bonds is 3. The molecule has 1 rings (SSSR count). The van der Waals surface area contributed by atoms with Crippen molar-refractivity contribution in [2.24, 2.45) is 0 Å². The Hall–Kier alpha value is -1.30. The number of carboxylic acid groups (broad SMARTS) is 1. The molecule has 2 N–H and O–H groups in total. The van der Waals surface area contributed by atoms with E-state index in [0.29, 0.717) is 19.7 Å². The Morgan fingerprint density at radius 1 is 1.62 bits per heavy atom. The predicted octanol–water partition coefficient (Wildman–Crippen LogP) is 0.280. The average Bonchev–Trinajstić information content (AvgIpc) is 2.28. The quantitative estimate of drug-likeness (QED) is 0.730. The van der Waals surface area contributed by atoms with Crippen molar-refractivity contribution in [1.82, 2.24) is 10.2 Å². The van der Waals surface area contributed by atoms with Crippen molar-refractivity contribution in [1.29, 1.82) is 0 Å². The van der Waals surface area contributed by atoms with Crippen LogP contribution in [-0.2, 0) is 9.53 Å². The fourth-order valence-electron chi connectivity index (χ4n) is 1.49. The van der Waals surface area contributed by atoms with Crippen LogP contribution < -0.4 is 5.32 Å². The molecule has 6 heteroatoms. The second kappa shape index (κ2) is 5.69. The Kier molecular flexibility index (Phi) is 4.54. The minimum absolute atomic E-state index is 0.0552. The van der Waals surface area contributed by atoms with Crippen molar-refractivity contribution >= 4 is 12.0 Å². The lowest BCUT2D eigenvalue weighted by molar-refractivity contribution is -0.138. The van der Waals surface area contributed by atoms with Crippen molar-refractivity contribution in [2.45, 2.75) is 32.4 Å². The van der Waals surface area contributed by atoms with Gasteiger partial charge in [-0.1, -0.05) is 6.92 Å². The van der Waals surface area contributed by atoms with Gasteiger partial charge in [0.1, 0.15) is 6.04 Å². The molecule has 0 aromatic rings. The highest BCUT2D eigenvalue weighted by Gasteiger charge is 2.25. The van der Waals surface area contributed by atoms with Crippen LogP contribution in [0, 0.1) is 0 Å². The molecule has 1 aliphatic heterocycles. The minimum Gasteiger partial charge on any atom is -0.480 e. The number of ether oxygens (including phenoxy) is 1. The number of carbonyl (C=O) groups is 2. The van der Waals surface area contributed by atoms with Crippen LogP contribution in [0.4, 0.5) is 4.79 Å². The first-order valence-corrected chi connectivity index (χ1v) is 5.44. The fourth-order valence-corrected chi connectivity index (χ4v) is 1.49. The molecule has 1 heterocycles. The van der Waals surface area contributed by atoms with Gasteiger partial charge in [0.25, 0.3) is 0 Å². The Morgan fingerprint density at radius 3 is 2.88 bits per heavy atom. The molecule has 16 heavy (non-hydrogen) atoms. The van der Waals surface area contributed by atoms with Crippen LogP contribution in [0.3, 0.4) is 0 Å². The van der Waals surface area contributed by atoms with Gasteiger partial charge in [-0.25, -0.2) is 4.79 Å². The normalized spacial score (nSPS) is 22.6. The molecule has 0 radical (unpaired) electrons. The summed E-state index contributed by atoms with van der Waals surface area (Å²) < 4.78 is 5.42. The number of nitrogens with zero attached hydrogens (tertiary/aromatic N) is 1. The molecule has 0 aliphatic carbocycles. The molecule has 0 bridgehead atoms. The molecule has 2 atom stereocenters. The van der Waals surface area contributed by atoms with Crippen LogP contribution in [0.5, 0.6) is 0 Å². The SMILES string of the molecule is CCC1CN(C(=O)N[C@H](C)C(=O)O)CCO1. The molecule has 1 unspecified atom stereocenters. The van der Waals surface area contributed by atoms with E-state index in [1.807, 2.05) is 6.92 Å². The lowest BCUT2D eigenvalue weighted by Crippen LogP contribution is -2.52. The van der Waals surface area contributed by atoms with Gasteiger partial charge >= 0.3 is 12.0 Å². The summed E-state index contributed by atoms with van der Waals surface area (Å²) in [5.41, 5.74) is 0. The lowest BCUT2D eigenvalue weighted by atomic mass is 10.2. The van der Waals surface area contributed by atoms with E-state index < -0.39 is 12.0 Å². The summed E-state index contributed by atoms with van der Waals surface area (Å²) in [7, 11) is 0. The van der Waals surface area contributed by atoms with E-state index in [-0.39, 0.29) is 12.1 Å². The summed E-state index contributed by atoms with van der Waals surface area (Å²) in [6.07, 6.45) is 0.901. The van der Waals surface area contributed by atoms with Crippen LogP contribution in [0.15, 0.2) is 0 Å². The lowest BCUT2D eigenvalue weighted by Gasteiger charge is -2.32. The maximum absolute atomic E-state index is 11.7. The Morgan fingerprint density at radius 2 is 2.31 bits per heavy atom. The van der Waals surface area contributed by atoms with Crippen molar-refractivity contribution < 1.29 is 19.4 Å². The first-order chi connectivity index (χ1) is 7.54. The molecule has 0 aromatic carbocycles. The van der Waals surface area contributed by atoms with Crippen molar-refractivity contribution in [3.05, 3.63) is 0 Å². The summed E-state index contributed by atoms with van der Waals surface area (Å²) in [6.45, 7) is 4.97. The molecule has 1 saturated heterocycles. The van der Waals surface area contributed by atoms with Crippen LogP contribution in [0.25, 0.3) is 0 Å². The van der Waals surface area contributed by atoms with Gasteiger partial charge in [0, 0.05) is 13.1 Å². The van der Waals surface area contributed by atoms with Gasteiger partial charge in [0.05, 0.1) is 12.7 Å². The highest BCUT2D eigenvalue weighted by molar-refractivity contribution is 5.82. The number of aliphatic carboxylic acids is 1. The van der Waals surface area contributed by atoms with E-state index in [0.717, 1.165) is 6.42 Å². The molecule has 0 spiro atoms. The van der Waals surface area contributed by atoms with E-state index in [1.54, 1.807) is 4.90 Å². The topological polar surface area (TPSA) is 78.9 Å². The molecule has 6 nitrogen and oxygen atoms in total. The first-order valence-electron chi connectivity index (χ1n) is 5.44. The van der Waals surface area contributed by atoms with Gasteiger partial charge in [-0.3, -0.25) is 4.79 Å². The molecule has 2 amide bonds. The van der Waals surface area contributed by atoms with E-state index in [1.165, 1.54) is 6.92 Å². The summed E-state index contributed by atoms with van der Waals surface area (Å²) in [5.74, 6) is -1.03. The third-order valence-electron chi connectivity index (χ3n) is 2.59. The third kappa shape index (κ3) is 3.37. The van der Waals surface area contributed by atoms with Crippen LogP contribution >= 0.6 is 0 Å². The van der Waals surface area contributed by atoms with Crippen molar-refractivity contribution in [3.63, 3.8) is 0 Å². The second-order valence-corrected chi connectivity index (χ2v) is 3.86. The van der Waals surface area contributed by atoms with Crippen molar-refractivity contribution in [3.8, 4) is 0 Å². The Labute approximate surface area is 94.6 Å². The van der Waals surface area contributed by atoms with Crippen LogP contribution in [0.1, 0.15) is 20.3 Å². The van der Waals surface area contributed by atoms with Gasteiger partial charge in [-0.15, -0.1) is 0 Å². The Balaban J connectivity index is 2.44. The zero-order valence-electron chi connectivity index (χ0n) is 9.60. The van der Waals surface area contributed by atoms with E-state index in [9.17, 15) is 9.59 Å². The number of urea groups is 1. The first kappa shape index (κ1) is 12.8. The van der Waals surface area contributed by atoms with E-state index >= 15 is 0 Å². The van der Waals surface area contributed by atoms with Gasteiger partial charge < -0.3 is 20.1 Å². The second-order valence-electron chi connectivity index (χ2n) is 3.86. The van der Waals surface area contributed by atoms with Crippen molar-refractivity contribution in [2.75, 3.05) is 19.7 Å². The fraction of sp³-hybridized carbons (Fsp3) is 0.800. The van der Waals surface area contributed by atoms with Gasteiger partial charge in [-0.05, 0) is 13.3 Å². The number of hydrogen-bond acceptors (Lipinski definition) is 3. The number of hydrogen-bond donors (Lipinski definition) is 2. The molecule has 92 valence electrons. The highest BCUT2D eigenvalue weighted by Crippen LogP contribution is 2.08. The van der Waals surface area contributed by atoms with E-state index in [4.69, 9.17) is 9.84 Å². The van der Waals surface area contributed by atoms with Gasteiger partial charge in [0.15, 0.2) is 0 Å². The van der Waals surface area contributed by atoms with Crippen LogP contribution in [0.2, 0.25) is 0 Å². The predicted molar refractivity (Wildman–Crippen MR) is 57.2 cm³/mol. The summed E-state index contributed by atoms with van der Waals surface area (Å²) in [5, 5.41) is 11.1. The molecule has 0 saturated carbocycles. The highest BCUT2D eigenvalue weighted by atomic mass is 16.5. The molecule has 1 fully saturated rings. The zero-order chi connectivity index (χ0) is 12.1. The smallest absolute Gasteiger partial charge is 0.325 e. The maximum atomic E-state index is 11.7. The average molecular weight is 230 g/mol. The standard InChI is InChI=1S/C10H18N2O4/c1-3-8-6-12(4-5-16-8)10(15)11-7(2)9(13)14/h7-8H,3-6H2,1-2H3,(H,11,15)(H,13,14)/t7-,8?/m1/s1. The summed E-state index contributed by atoms with van der Waals surface area (Å²) in [4.78, 5) is 23.8. The monoisotopic (exact) mass is 230 g/mol. The largest absolute Gasteiger partial charge is 0.480 e. The number of amides is 2. The maximum Gasteiger partial charge on any atom is 0.325 e. The molecular formula is C10H18N2O4. The summed E-state index contributed by atoms with van der Waals surface area (Å²) >= 11 is 0. The van der Waals surface area contributed by atoms with E-state index in [2.05, 4.69) is 5.32 Å². The van der Waals surface area contributed by atoms with Gasteiger partial charge in [0.2, 0.25) is 0 Å². The summed E-state index contributed by atoms with van der Waals surface area (Å²) in [6, 6.07) is -1.20. The molecule has 0 aromatic heterocycles. The molecule has 1 aliphatic rings. The zero-order valence-corrected chi connectivity index (χ0v) is 9.60. The number of morpholine rings is 1. The molecular weight excluding hydrogens is 212 g/mol. The minimum atomic E-state index is -1.03. The van der Waals surface area contributed by atoms with Crippen LogP contribution in [-0.4, -0.2) is 53.8 Å².